The van der Waals surface area contributed by atoms with Crippen molar-refractivity contribution in [3.05, 3.63) is 83.8 Å². The van der Waals surface area contributed by atoms with Gasteiger partial charge in [-0.05, 0) is 42.5 Å². The minimum Gasteiger partial charge on any atom is -0.352 e. The number of anilines is 2. The molecular formula is C20H17F3N4O. The summed E-state index contributed by atoms with van der Waals surface area (Å²) in [7, 11) is 0. The number of halogens is 3. The summed E-state index contributed by atoms with van der Waals surface area (Å²) in [6.45, 7) is 0.369. The number of carbonyl (C=O) groups is 1. The van der Waals surface area contributed by atoms with Gasteiger partial charge in [-0.3, -0.25) is 9.78 Å². The van der Waals surface area contributed by atoms with E-state index in [4.69, 9.17) is 0 Å². The Kier molecular flexibility index (Phi) is 5.88. The zero-order chi connectivity index (χ0) is 20.0. The molecular weight excluding hydrogens is 369 g/mol. The topological polar surface area (TPSA) is 66.9 Å². The van der Waals surface area contributed by atoms with Crippen LogP contribution in [0.15, 0.2) is 67.0 Å². The van der Waals surface area contributed by atoms with Crippen molar-refractivity contribution >= 4 is 17.4 Å². The normalized spacial score (nSPS) is 11.1. The predicted octanol–water partition coefficient (Wildman–Crippen LogP) is 4.21. The largest absolute Gasteiger partial charge is 0.416 e. The Balaban J connectivity index is 1.70. The van der Waals surface area contributed by atoms with Crippen molar-refractivity contribution in [1.29, 1.82) is 0 Å². The van der Waals surface area contributed by atoms with E-state index in [1.54, 1.807) is 18.3 Å². The predicted molar refractivity (Wildman–Crippen MR) is 99.2 cm³/mol. The molecule has 1 aromatic carbocycles. The van der Waals surface area contributed by atoms with Crippen LogP contribution in [0, 0.1) is 0 Å². The van der Waals surface area contributed by atoms with Gasteiger partial charge in [-0.1, -0.05) is 12.1 Å². The molecule has 2 aromatic heterocycles. The quantitative estimate of drug-likeness (QED) is 0.666. The number of aromatic nitrogens is 2. The van der Waals surface area contributed by atoms with Gasteiger partial charge < -0.3 is 10.6 Å². The van der Waals surface area contributed by atoms with Crippen molar-refractivity contribution < 1.29 is 18.0 Å². The second-order valence-corrected chi connectivity index (χ2v) is 5.93. The van der Waals surface area contributed by atoms with E-state index in [1.807, 2.05) is 18.2 Å². The zero-order valence-electron chi connectivity index (χ0n) is 14.7. The lowest BCUT2D eigenvalue weighted by Crippen LogP contribution is -2.26. The van der Waals surface area contributed by atoms with E-state index in [0.717, 1.165) is 17.8 Å². The second kappa shape index (κ2) is 8.51. The third-order valence-electron chi connectivity index (χ3n) is 3.90. The number of hydrogen-bond acceptors (Lipinski definition) is 4. The number of nitrogens with zero attached hydrogens (tertiary/aromatic N) is 2. The van der Waals surface area contributed by atoms with Gasteiger partial charge in [0.2, 0.25) is 0 Å². The number of alkyl halides is 3. The monoisotopic (exact) mass is 386 g/mol. The lowest BCUT2D eigenvalue weighted by Gasteiger charge is -2.13. The van der Waals surface area contributed by atoms with Crippen LogP contribution < -0.4 is 10.6 Å². The lowest BCUT2D eigenvalue weighted by atomic mass is 10.2. The molecule has 5 nitrogen and oxygen atoms in total. The first kappa shape index (κ1) is 19.3. The Morgan fingerprint density at radius 1 is 0.964 bits per heavy atom. The Labute approximate surface area is 159 Å². The molecule has 0 atom stereocenters. The third kappa shape index (κ3) is 5.06. The van der Waals surface area contributed by atoms with E-state index in [1.165, 1.54) is 18.3 Å². The average molecular weight is 386 g/mol. The second-order valence-electron chi connectivity index (χ2n) is 5.93. The van der Waals surface area contributed by atoms with Crippen LogP contribution in [0.3, 0.4) is 0 Å². The molecule has 8 heteroatoms. The van der Waals surface area contributed by atoms with Gasteiger partial charge in [0.1, 0.15) is 5.82 Å². The van der Waals surface area contributed by atoms with E-state index in [9.17, 15) is 18.0 Å². The number of carbonyl (C=O) groups excluding carboxylic acids is 1. The lowest BCUT2D eigenvalue weighted by molar-refractivity contribution is -0.137. The van der Waals surface area contributed by atoms with Gasteiger partial charge in [0, 0.05) is 36.7 Å². The number of nitrogens with one attached hydrogen (secondary N) is 2. The highest BCUT2D eigenvalue weighted by atomic mass is 19.4. The molecule has 3 aromatic rings. The van der Waals surface area contributed by atoms with E-state index < -0.39 is 11.7 Å². The van der Waals surface area contributed by atoms with Crippen molar-refractivity contribution in [1.82, 2.24) is 15.3 Å². The van der Waals surface area contributed by atoms with Crippen molar-refractivity contribution in [3.8, 4) is 0 Å². The fourth-order valence-electron chi connectivity index (χ4n) is 2.54. The summed E-state index contributed by atoms with van der Waals surface area (Å²) in [5.74, 6) is -0.198. The van der Waals surface area contributed by atoms with Gasteiger partial charge >= 0.3 is 6.18 Å². The highest BCUT2D eigenvalue weighted by molar-refractivity contribution is 5.99. The number of pyridine rings is 2. The molecule has 0 aliphatic carbocycles. The Hall–Kier alpha value is -3.42. The Morgan fingerprint density at radius 3 is 2.54 bits per heavy atom. The van der Waals surface area contributed by atoms with Crippen molar-refractivity contribution in [2.45, 2.75) is 12.6 Å². The van der Waals surface area contributed by atoms with Crippen LogP contribution in [0.1, 0.15) is 21.6 Å². The first-order valence-electron chi connectivity index (χ1n) is 8.51. The molecule has 144 valence electrons. The highest BCUT2D eigenvalue weighted by Crippen LogP contribution is 2.31. The maximum absolute atomic E-state index is 12.9. The fraction of sp³-hybridized carbons (Fsp3) is 0.150. The Morgan fingerprint density at radius 2 is 1.79 bits per heavy atom. The minimum atomic E-state index is -4.45. The van der Waals surface area contributed by atoms with Gasteiger partial charge in [0.15, 0.2) is 0 Å². The molecule has 2 heterocycles. The summed E-state index contributed by atoms with van der Waals surface area (Å²) in [4.78, 5) is 20.8. The Bertz CT molecular complexity index is 945. The summed E-state index contributed by atoms with van der Waals surface area (Å²) in [6.07, 6.45) is -0.757. The van der Waals surface area contributed by atoms with Crippen LogP contribution in [0.25, 0.3) is 0 Å². The van der Waals surface area contributed by atoms with Crippen LogP contribution in [0.5, 0.6) is 0 Å². The van der Waals surface area contributed by atoms with Gasteiger partial charge in [-0.15, -0.1) is 0 Å². The first-order valence-corrected chi connectivity index (χ1v) is 8.51. The van der Waals surface area contributed by atoms with Crippen LogP contribution in [0.2, 0.25) is 0 Å². The molecule has 3 rings (SSSR count). The molecule has 0 unspecified atom stereocenters. The molecule has 2 N–H and O–H groups in total. The smallest absolute Gasteiger partial charge is 0.352 e. The van der Waals surface area contributed by atoms with Crippen molar-refractivity contribution in [2.24, 2.45) is 0 Å². The number of amides is 1. The molecule has 0 saturated heterocycles. The van der Waals surface area contributed by atoms with Gasteiger partial charge in [0.25, 0.3) is 5.91 Å². The highest BCUT2D eigenvalue weighted by Gasteiger charge is 2.30. The van der Waals surface area contributed by atoms with E-state index in [-0.39, 0.29) is 23.0 Å². The van der Waals surface area contributed by atoms with Gasteiger partial charge in [-0.25, -0.2) is 4.98 Å². The van der Waals surface area contributed by atoms with Gasteiger partial charge in [0.05, 0.1) is 11.1 Å². The molecule has 0 aliphatic heterocycles. The first-order chi connectivity index (χ1) is 13.4. The minimum absolute atomic E-state index is 0.178. The summed E-state index contributed by atoms with van der Waals surface area (Å²) >= 11 is 0. The standard InChI is InChI=1S/C20H17F3N4O/c21-20(22,23)14-5-3-7-16(13-14)27-18-17(8-4-11-25-18)19(28)26-12-9-15-6-1-2-10-24-15/h1-8,10-11,13H,9,12H2,(H,25,27)(H,26,28). The molecule has 28 heavy (non-hydrogen) atoms. The van der Waals surface area contributed by atoms with Crippen LogP contribution in [-0.4, -0.2) is 22.4 Å². The van der Waals surface area contributed by atoms with Crippen LogP contribution in [-0.2, 0) is 12.6 Å². The summed E-state index contributed by atoms with van der Waals surface area (Å²) in [5.41, 5.74) is 0.489. The SMILES string of the molecule is O=C(NCCc1ccccn1)c1cccnc1Nc1cccc(C(F)(F)F)c1. The van der Waals surface area contributed by atoms with E-state index in [0.29, 0.717) is 13.0 Å². The van der Waals surface area contributed by atoms with E-state index in [2.05, 4.69) is 20.6 Å². The zero-order valence-corrected chi connectivity index (χ0v) is 14.7. The van der Waals surface area contributed by atoms with E-state index >= 15 is 0 Å². The number of rotatable bonds is 6. The maximum Gasteiger partial charge on any atom is 0.416 e. The maximum atomic E-state index is 12.9. The molecule has 0 bridgehead atoms. The van der Waals surface area contributed by atoms with Crippen LogP contribution in [0.4, 0.5) is 24.7 Å². The molecule has 0 spiro atoms. The molecule has 1 amide bonds. The van der Waals surface area contributed by atoms with Crippen LogP contribution >= 0.6 is 0 Å². The number of hydrogen-bond donors (Lipinski definition) is 2. The molecule has 0 radical (unpaired) electrons. The molecule has 0 saturated carbocycles. The fourth-order valence-corrected chi connectivity index (χ4v) is 2.54. The van der Waals surface area contributed by atoms with Gasteiger partial charge in [-0.2, -0.15) is 13.2 Å². The molecule has 0 aliphatic rings. The average Bonchev–Trinajstić information content (AvgIpc) is 2.69. The van der Waals surface area contributed by atoms with Crippen molar-refractivity contribution in [3.63, 3.8) is 0 Å². The summed E-state index contributed by atoms with van der Waals surface area (Å²) < 4.78 is 38.6. The summed E-state index contributed by atoms with van der Waals surface area (Å²) in [6, 6.07) is 13.4. The third-order valence-corrected chi connectivity index (χ3v) is 3.90. The molecule has 0 fully saturated rings. The van der Waals surface area contributed by atoms with Crippen molar-refractivity contribution in [2.75, 3.05) is 11.9 Å². The number of benzene rings is 1. The summed E-state index contributed by atoms with van der Waals surface area (Å²) in [5, 5.41) is 5.56.